The smallest absolute Gasteiger partial charge is 0.326 e. The number of rotatable bonds is 6. The molecule has 5 nitrogen and oxygen atoms in total. The molecule has 1 fully saturated rings. The normalized spacial score (nSPS) is 18.6. The van der Waals surface area contributed by atoms with Crippen LogP contribution in [0.15, 0.2) is 0 Å². The Morgan fingerprint density at radius 3 is 2.50 bits per heavy atom. The van der Waals surface area contributed by atoms with Crippen molar-refractivity contribution in [2.45, 2.75) is 37.0 Å². The zero-order valence-electron chi connectivity index (χ0n) is 9.58. The first-order valence-electron chi connectivity index (χ1n) is 5.35. The molecule has 16 heavy (non-hydrogen) atoms. The van der Waals surface area contributed by atoms with E-state index < -0.39 is 18.0 Å². The topological polar surface area (TPSA) is 78.4 Å². The first-order chi connectivity index (χ1) is 7.53. The summed E-state index contributed by atoms with van der Waals surface area (Å²) in [5.41, 5.74) is 0. The van der Waals surface area contributed by atoms with Gasteiger partial charge in [-0.1, -0.05) is 6.92 Å². The van der Waals surface area contributed by atoms with E-state index in [2.05, 4.69) is 10.6 Å². The maximum atomic E-state index is 11.4. The first kappa shape index (κ1) is 13.2. The molecule has 0 spiro atoms. The minimum absolute atomic E-state index is 0.197. The Morgan fingerprint density at radius 1 is 1.50 bits per heavy atom. The zero-order valence-corrected chi connectivity index (χ0v) is 10.4. The van der Waals surface area contributed by atoms with Gasteiger partial charge in [-0.15, -0.1) is 0 Å². The number of carboxylic acid groups (broad SMARTS) is 1. The van der Waals surface area contributed by atoms with E-state index in [0.29, 0.717) is 13.0 Å². The van der Waals surface area contributed by atoms with Gasteiger partial charge >= 0.3 is 12.0 Å². The molecule has 0 aromatic carbocycles. The van der Waals surface area contributed by atoms with Crippen molar-refractivity contribution >= 4 is 23.8 Å². The Bertz CT molecular complexity index is 279. The quantitative estimate of drug-likeness (QED) is 0.654. The zero-order chi connectivity index (χ0) is 12.2. The summed E-state index contributed by atoms with van der Waals surface area (Å²) >= 11 is 1.75. The number of amides is 2. The van der Waals surface area contributed by atoms with Crippen LogP contribution in [0.1, 0.15) is 26.2 Å². The van der Waals surface area contributed by atoms with Crippen molar-refractivity contribution in [1.82, 2.24) is 10.6 Å². The summed E-state index contributed by atoms with van der Waals surface area (Å²) in [6.45, 7) is 2.33. The molecule has 1 aliphatic carbocycles. The number of urea groups is 1. The third kappa shape index (κ3) is 3.59. The molecule has 1 saturated carbocycles. The lowest BCUT2D eigenvalue weighted by Crippen LogP contribution is -2.47. The molecule has 3 N–H and O–H groups in total. The van der Waals surface area contributed by atoms with Crippen LogP contribution in [0.2, 0.25) is 0 Å². The second-order valence-electron chi connectivity index (χ2n) is 4.01. The SMILES string of the molecule is CCC(NC(=O)NCC1(SC)CC1)C(=O)O. The van der Waals surface area contributed by atoms with E-state index in [-0.39, 0.29) is 4.75 Å². The fourth-order valence-electron chi connectivity index (χ4n) is 1.38. The Labute approximate surface area is 99.4 Å². The molecule has 92 valence electrons. The highest BCUT2D eigenvalue weighted by Crippen LogP contribution is 2.46. The fraction of sp³-hybridized carbons (Fsp3) is 0.800. The van der Waals surface area contributed by atoms with E-state index in [1.807, 2.05) is 6.26 Å². The van der Waals surface area contributed by atoms with Crippen molar-refractivity contribution in [2.24, 2.45) is 0 Å². The Balaban J connectivity index is 2.27. The molecule has 0 bridgehead atoms. The van der Waals surface area contributed by atoms with E-state index in [1.54, 1.807) is 18.7 Å². The Kier molecular flexibility index (Phi) is 4.46. The molecule has 1 rings (SSSR count). The van der Waals surface area contributed by atoms with Crippen LogP contribution in [0.25, 0.3) is 0 Å². The maximum absolute atomic E-state index is 11.4. The van der Waals surface area contributed by atoms with Gasteiger partial charge in [-0.25, -0.2) is 9.59 Å². The van der Waals surface area contributed by atoms with Crippen molar-refractivity contribution in [1.29, 1.82) is 0 Å². The highest BCUT2D eigenvalue weighted by atomic mass is 32.2. The molecule has 0 aromatic heterocycles. The lowest BCUT2D eigenvalue weighted by molar-refractivity contribution is -0.139. The summed E-state index contributed by atoms with van der Waals surface area (Å²) in [4.78, 5) is 22.1. The summed E-state index contributed by atoms with van der Waals surface area (Å²) in [7, 11) is 0. The molecular formula is C10H18N2O3S. The Morgan fingerprint density at radius 2 is 2.12 bits per heavy atom. The lowest BCUT2D eigenvalue weighted by atomic mass is 10.2. The average molecular weight is 246 g/mol. The van der Waals surface area contributed by atoms with Crippen LogP contribution in [0, 0.1) is 0 Å². The van der Waals surface area contributed by atoms with Crippen molar-refractivity contribution in [3.05, 3.63) is 0 Å². The number of hydrogen-bond donors (Lipinski definition) is 3. The summed E-state index contributed by atoms with van der Waals surface area (Å²) in [6.07, 6.45) is 4.64. The highest BCUT2D eigenvalue weighted by molar-refractivity contribution is 8.00. The highest BCUT2D eigenvalue weighted by Gasteiger charge is 2.42. The van der Waals surface area contributed by atoms with Crippen molar-refractivity contribution in [2.75, 3.05) is 12.8 Å². The number of carboxylic acids is 1. The minimum Gasteiger partial charge on any atom is -0.480 e. The van der Waals surface area contributed by atoms with E-state index >= 15 is 0 Å². The van der Waals surface area contributed by atoms with Crippen LogP contribution in [0.4, 0.5) is 4.79 Å². The van der Waals surface area contributed by atoms with Crippen LogP contribution in [-0.2, 0) is 4.79 Å². The average Bonchev–Trinajstić information content (AvgIpc) is 3.03. The largest absolute Gasteiger partial charge is 0.480 e. The van der Waals surface area contributed by atoms with Crippen LogP contribution in [-0.4, -0.2) is 40.7 Å². The summed E-state index contributed by atoms with van der Waals surface area (Å²) < 4.78 is 0.197. The standard InChI is InChI=1S/C10H18N2O3S/c1-3-7(8(13)14)12-9(15)11-6-10(16-2)4-5-10/h7H,3-6H2,1-2H3,(H,13,14)(H2,11,12,15). The molecule has 6 heteroatoms. The van der Waals surface area contributed by atoms with Gasteiger partial charge in [0.15, 0.2) is 0 Å². The summed E-state index contributed by atoms with van der Waals surface area (Å²) in [5.74, 6) is -0.997. The first-order valence-corrected chi connectivity index (χ1v) is 6.58. The summed E-state index contributed by atoms with van der Waals surface area (Å²) in [5, 5.41) is 13.9. The number of aliphatic carboxylic acids is 1. The van der Waals surface area contributed by atoms with Crippen molar-refractivity contribution < 1.29 is 14.7 Å². The predicted octanol–water partition coefficient (Wildman–Crippen LogP) is 1.04. The monoisotopic (exact) mass is 246 g/mol. The van der Waals surface area contributed by atoms with Gasteiger partial charge in [0.2, 0.25) is 0 Å². The third-order valence-corrected chi connectivity index (χ3v) is 4.24. The molecule has 1 aliphatic rings. The molecule has 2 amide bonds. The summed E-state index contributed by atoms with van der Waals surface area (Å²) in [6, 6.07) is -1.20. The molecule has 1 unspecified atom stereocenters. The van der Waals surface area contributed by atoms with Crippen molar-refractivity contribution in [3.63, 3.8) is 0 Å². The Hall–Kier alpha value is -0.910. The molecule has 0 saturated heterocycles. The van der Waals surface area contributed by atoms with Gasteiger partial charge in [0.1, 0.15) is 6.04 Å². The number of thioether (sulfide) groups is 1. The minimum atomic E-state index is -0.997. The molecule has 0 aromatic rings. The molecule has 0 heterocycles. The fourth-order valence-corrected chi connectivity index (χ4v) is 2.11. The van der Waals surface area contributed by atoms with E-state index in [0.717, 1.165) is 12.8 Å². The van der Waals surface area contributed by atoms with Gasteiger partial charge in [-0.2, -0.15) is 11.8 Å². The number of carbonyl (C=O) groups is 2. The molecule has 1 atom stereocenters. The number of hydrogen-bond acceptors (Lipinski definition) is 3. The lowest BCUT2D eigenvalue weighted by Gasteiger charge is -2.16. The third-order valence-electron chi connectivity index (χ3n) is 2.82. The van der Waals surface area contributed by atoms with Gasteiger partial charge in [0.25, 0.3) is 0 Å². The van der Waals surface area contributed by atoms with Crippen LogP contribution >= 0.6 is 11.8 Å². The van der Waals surface area contributed by atoms with Gasteiger partial charge in [-0.3, -0.25) is 0 Å². The van der Waals surface area contributed by atoms with Gasteiger partial charge in [0.05, 0.1) is 0 Å². The van der Waals surface area contributed by atoms with Gasteiger partial charge < -0.3 is 15.7 Å². The second kappa shape index (κ2) is 5.43. The van der Waals surface area contributed by atoms with Crippen LogP contribution in [0.3, 0.4) is 0 Å². The maximum Gasteiger partial charge on any atom is 0.326 e. The van der Waals surface area contributed by atoms with Crippen LogP contribution < -0.4 is 10.6 Å². The van der Waals surface area contributed by atoms with Crippen LogP contribution in [0.5, 0.6) is 0 Å². The van der Waals surface area contributed by atoms with E-state index in [9.17, 15) is 9.59 Å². The van der Waals surface area contributed by atoms with Crippen molar-refractivity contribution in [3.8, 4) is 0 Å². The van der Waals surface area contributed by atoms with E-state index in [1.165, 1.54) is 0 Å². The van der Waals surface area contributed by atoms with Gasteiger partial charge in [-0.05, 0) is 25.5 Å². The van der Waals surface area contributed by atoms with E-state index in [4.69, 9.17) is 5.11 Å². The second-order valence-corrected chi connectivity index (χ2v) is 5.29. The molecular weight excluding hydrogens is 228 g/mol. The number of carbonyl (C=O) groups excluding carboxylic acids is 1. The van der Waals surface area contributed by atoms with Gasteiger partial charge in [0, 0.05) is 11.3 Å². The number of nitrogens with one attached hydrogen (secondary N) is 2. The predicted molar refractivity (Wildman–Crippen MR) is 63.7 cm³/mol. The molecule has 0 aliphatic heterocycles. The molecule has 0 radical (unpaired) electrons.